The van der Waals surface area contributed by atoms with Crippen LogP contribution in [-0.2, 0) is 19.1 Å². The van der Waals surface area contributed by atoms with Gasteiger partial charge in [0.2, 0.25) is 5.78 Å². The predicted octanol–water partition coefficient (Wildman–Crippen LogP) is 1.63. The lowest BCUT2D eigenvalue weighted by atomic mass is 10.1. The maximum absolute atomic E-state index is 11.6. The molecule has 5 nitrogen and oxygen atoms in total. The van der Waals surface area contributed by atoms with Crippen LogP contribution in [0, 0.1) is 0 Å². The van der Waals surface area contributed by atoms with Gasteiger partial charge in [-0.3, -0.25) is 14.4 Å². The summed E-state index contributed by atoms with van der Waals surface area (Å²) in [5.74, 6) is -1.97. The molecule has 0 saturated carbocycles. The minimum absolute atomic E-state index is 0.269. The lowest BCUT2D eigenvalue weighted by Crippen LogP contribution is -2.17. The van der Waals surface area contributed by atoms with E-state index in [1.807, 2.05) is 0 Å². The van der Waals surface area contributed by atoms with Crippen LogP contribution in [0.1, 0.15) is 16.8 Å². The largest absolute Gasteiger partial charge is 0.469 e. The molecule has 0 aromatic heterocycles. The molecule has 0 saturated heterocycles. The molecule has 0 aliphatic carbocycles. The maximum Gasteiger partial charge on any atom is 0.317 e. The molecule has 0 aliphatic rings. The van der Waals surface area contributed by atoms with Gasteiger partial charge in [0.05, 0.1) is 12.1 Å². The molecule has 0 atom stereocenters. The van der Waals surface area contributed by atoms with Crippen LogP contribution in [0.5, 0.6) is 0 Å². The van der Waals surface area contributed by atoms with E-state index in [-0.39, 0.29) is 10.6 Å². The van der Waals surface area contributed by atoms with Gasteiger partial charge in [0, 0.05) is 5.56 Å². The number of ketones is 1. The number of rotatable bonds is 5. The summed E-state index contributed by atoms with van der Waals surface area (Å²) in [6.07, 6.45) is -0.522. The van der Waals surface area contributed by atoms with Crippen LogP contribution >= 0.6 is 11.6 Å². The highest BCUT2D eigenvalue weighted by Crippen LogP contribution is 2.15. The molecule has 1 aromatic rings. The highest BCUT2D eigenvalue weighted by atomic mass is 35.5. The molecule has 0 bridgehead atoms. The Morgan fingerprint density at radius 1 is 1.17 bits per heavy atom. The minimum Gasteiger partial charge on any atom is -0.469 e. The van der Waals surface area contributed by atoms with Gasteiger partial charge in [-0.25, -0.2) is 0 Å². The van der Waals surface area contributed by atoms with Crippen molar-refractivity contribution in [3.05, 3.63) is 34.9 Å². The van der Waals surface area contributed by atoms with Crippen molar-refractivity contribution in [2.24, 2.45) is 0 Å². The summed E-state index contributed by atoms with van der Waals surface area (Å²) in [7, 11) is 1.16. The van der Waals surface area contributed by atoms with E-state index in [0.717, 1.165) is 7.11 Å². The molecule has 0 heterocycles. The molecule has 0 fully saturated rings. The molecule has 1 aromatic carbocycles. The van der Waals surface area contributed by atoms with Crippen molar-refractivity contribution in [3.8, 4) is 0 Å². The number of carbonyl (C=O) groups excluding carboxylic acids is 3. The maximum atomic E-state index is 11.6. The monoisotopic (exact) mass is 270 g/mol. The fourth-order valence-electron chi connectivity index (χ4n) is 1.15. The van der Waals surface area contributed by atoms with Gasteiger partial charge in [0.1, 0.15) is 6.42 Å². The number of halogens is 1. The molecule has 18 heavy (non-hydrogen) atoms. The predicted molar refractivity (Wildman–Crippen MR) is 63.4 cm³/mol. The minimum atomic E-state index is -0.817. The molecule has 96 valence electrons. The van der Waals surface area contributed by atoms with Gasteiger partial charge < -0.3 is 9.47 Å². The Morgan fingerprint density at radius 3 is 2.44 bits per heavy atom. The second kappa shape index (κ2) is 6.76. The third-order valence-corrected chi connectivity index (χ3v) is 2.38. The van der Waals surface area contributed by atoms with Gasteiger partial charge in [0.25, 0.3) is 0 Å². The molecular weight excluding hydrogens is 260 g/mol. The van der Waals surface area contributed by atoms with Crippen LogP contribution in [0.25, 0.3) is 0 Å². The van der Waals surface area contributed by atoms with E-state index in [9.17, 15) is 14.4 Å². The Morgan fingerprint density at radius 2 is 1.83 bits per heavy atom. The molecule has 0 aliphatic heterocycles. The molecular formula is C12H11ClO5. The lowest BCUT2D eigenvalue weighted by molar-refractivity contribution is -0.152. The van der Waals surface area contributed by atoms with Crippen LogP contribution in [0.3, 0.4) is 0 Å². The average Bonchev–Trinajstić information content (AvgIpc) is 2.36. The fraction of sp³-hybridized carbons (Fsp3) is 0.250. The van der Waals surface area contributed by atoms with E-state index >= 15 is 0 Å². The SMILES string of the molecule is COC(=O)CC(=O)OCC(=O)c1ccccc1Cl. The summed E-state index contributed by atoms with van der Waals surface area (Å²) in [6, 6.07) is 6.42. The first-order chi connectivity index (χ1) is 8.54. The Bertz CT molecular complexity index is 469. The highest BCUT2D eigenvalue weighted by molar-refractivity contribution is 6.34. The molecule has 6 heteroatoms. The molecule has 0 amide bonds. The van der Waals surface area contributed by atoms with E-state index in [4.69, 9.17) is 11.6 Å². The van der Waals surface area contributed by atoms with E-state index in [2.05, 4.69) is 9.47 Å². The summed E-state index contributed by atoms with van der Waals surface area (Å²) in [5, 5.41) is 0.284. The number of Topliss-reactive ketones (excluding diaryl/α,β-unsaturated/α-hetero) is 1. The van der Waals surface area contributed by atoms with Gasteiger partial charge in [-0.05, 0) is 12.1 Å². The molecule has 0 spiro atoms. The number of esters is 2. The van der Waals surface area contributed by atoms with E-state index in [1.165, 1.54) is 6.07 Å². The number of hydrogen-bond donors (Lipinski definition) is 0. The number of ether oxygens (including phenoxy) is 2. The van der Waals surface area contributed by atoms with Crippen molar-refractivity contribution in [2.45, 2.75) is 6.42 Å². The zero-order valence-corrected chi connectivity index (χ0v) is 10.4. The van der Waals surface area contributed by atoms with Gasteiger partial charge >= 0.3 is 11.9 Å². The van der Waals surface area contributed by atoms with Crippen LogP contribution < -0.4 is 0 Å². The lowest BCUT2D eigenvalue weighted by Gasteiger charge is -2.04. The first-order valence-electron chi connectivity index (χ1n) is 5.04. The van der Waals surface area contributed by atoms with E-state index in [1.54, 1.807) is 18.2 Å². The summed E-state index contributed by atoms with van der Waals surface area (Å²) in [5.41, 5.74) is 0.269. The zero-order valence-electron chi connectivity index (χ0n) is 9.64. The number of hydrogen-bond acceptors (Lipinski definition) is 5. The van der Waals surface area contributed by atoms with Crippen molar-refractivity contribution in [3.63, 3.8) is 0 Å². The van der Waals surface area contributed by atoms with Gasteiger partial charge in [0.15, 0.2) is 6.61 Å². The van der Waals surface area contributed by atoms with Crippen molar-refractivity contribution >= 4 is 29.3 Å². The van der Waals surface area contributed by atoms with Crippen LogP contribution in [0.15, 0.2) is 24.3 Å². The Hall–Kier alpha value is -1.88. The third kappa shape index (κ3) is 4.18. The summed E-state index contributed by atoms with van der Waals surface area (Å²) >= 11 is 5.81. The first kappa shape index (κ1) is 14.2. The number of methoxy groups -OCH3 is 1. The molecule has 0 N–H and O–H groups in total. The highest BCUT2D eigenvalue weighted by Gasteiger charge is 2.15. The van der Waals surface area contributed by atoms with Gasteiger partial charge in [-0.1, -0.05) is 23.7 Å². The van der Waals surface area contributed by atoms with Crippen molar-refractivity contribution in [2.75, 3.05) is 13.7 Å². The number of benzene rings is 1. The number of carbonyl (C=O) groups is 3. The van der Waals surface area contributed by atoms with E-state index < -0.39 is 30.7 Å². The van der Waals surface area contributed by atoms with Crippen LogP contribution in [0.4, 0.5) is 0 Å². The second-order valence-corrected chi connectivity index (χ2v) is 3.72. The summed E-state index contributed by atoms with van der Waals surface area (Å²) < 4.78 is 8.92. The quantitative estimate of drug-likeness (QED) is 0.462. The van der Waals surface area contributed by atoms with E-state index in [0.29, 0.717) is 0 Å². The standard InChI is InChI=1S/C12H11ClO5/c1-17-11(15)6-12(16)18-7-10(14)8-4-2-3-5-9(8)13/h2-5H,6-7H2,1H3. The van der Waals surface area contributed by atoms with Crippen LogP contribution in [0.2, 0.25) is 5.02 Å². The summed E-state index contributed by atoms with van der Waals surface area (Å²) in [4.78, 5) is 33.5. The van der Waals surface area contributed by atoms with Gasteiger partial charge in [-0.15, -0.1) is 0 Å². The fourth-order valence-corrected chi connectivity index (χ4v) is 1.39. The van der Waals surface area contributed by atoms with Crippen molar-refractivity contribution in [1.82, 2.24) is 0 Å². The smallest absolute Gasteiger partial charge is 0.317 e. The van der Waals surface area contributed by atoms with Crippen molar-refractivity contribution < 1.29 is 23.9 Å². The molecule has 0 radical (unpaired) electrons. The third-order valence-electron chi connectivity index (χ3n) is 2.05. The van der Waals surface area contributed by atoms with Gasteiger partial charge in [-0.2, -0.15) is 0 Å². The normalized spacial score (nSPS) is 9.67. The Balaban J connectivity index is 2.50. The Kier molecular flexibility index (Phi) is 5.32. The topological polar surface area (TPSA) is 69.7 Å². The average molecular weight is 271 g/mol. The summed E-state index contributed by atoms with van der Waals surface area (Å²) in [6.45, 7) is -0.459. The molecule has 1 rings (SSSR count). The second-order valence-electron chi connectivity index (χ2n) is 3.32. The molecule has 0 unspecified atom stereocenters. The first-order valence-corrected chi connectivity index (χ1v) is 5.42. The van der Waals surface area contributed by atoms with Crippen molar-refractivity contribution in [1.29, 1.82) is 0 Å². The Labute approximate surface area is 109 Å². The zero-order chi connectivity index (χ0) is 13.5. The van der Waals surface area contributed by atoms with Crippen LogP contribution in [-0.4, -0.2) is 31.4 Å².